The van der Waals surface area contributed by atoms with Crippen molar-refractivity contribution < 1.29 is 34.1 Å². The summed E-state index contributed by atoms with van der Waals surface area (Å²) in [7, 11) is 0. The summed E-state index contributed by atoms with van der Waals surface area (Å²) < 4.78 is 9.91. The van der Waals surface area contributed by atoms with Gasteiger partial charge in [-0.15, -0.1) is 0 Å². The van der Waals surface area contributed by atoms with Crippen molar-refractivity contribution in [1.29, 1.82) is 0 Å². The minimum absolute atomic E-state index is 0.139. The third-order valence-corrected chi connectivity index (χ3v) is 2.06. The van der Waals surface area contributed by atoms with Crippen LogP contribution in [0.2, 0.25) is 0 Å². The van der Waals surface area contributed by atoms with Crippen LogP contribution < -0.4 is 0 Å². The quantitative estimate of drug-likeness (QED) is 0.560. The molecule has 0 radical (unpaired) electrons. The lowest BCUT2D eigenvalue weighted by Crippen LogP contribution is -2.30. The van der Waals surface area contributed by atoms with Gasteiger partial charge in [-0.3, -0.25) is 9.59 Å². The van der Waals surface area contributed by atoms with Gasteiger partial charge in [0.15, 0.2) is 0 Å². The molecule has 0 aliphatic rings. The Morgan fingerprint density at radius 3 is 1.22 bits per heavy atom. The van der Waals surface area contributed by atoms with Gasteiger partial charge in [0.25, 0.3) is 0 Å². The molecule has 7 nitrogen and oxygen atoms in total. The summed E-state index contributed by atoms with van der Waals surface area (Å²) in [5.74, 6) is -1.64. The maximum absolute atomic E-state index is 11.0. The third kappa shape index (κ3) is 25.5. The Balaban J connectivity index is 0. The van der Waals surface area contributed by atoms with Crippen LogP contribution in [0.4, 0.5) is 4.79 Å². The van der Waals surface area contributed by atoms with E-state index in [1.54, 1.807) is 41.5 Å². The van der Waals surface area contributed by atoms with Gasteiger partial charge in [0.2, 0.25) is 0 Å². The van der Waals surface area contributed by atoms with Crippen LogP contribution >= 0.6 is 0 Å². The maximum atomic E-state index is 11.0. The Labute approximate surface area is 138 Å². The minimum atomic E-state index is -0.819. The molecule has 136 valence electrons. The number of ether oxygens (including phenoxy) is 2. The number of carboxylic acids is 2. The highest BCUT2D eigenvalue weighted by atomic mass is 16.7. The number of carbonyl (C=O) groups is 3. The summed E-state index contributed by atoms with van der Waals surface area (Å²) in [4.78, 5) is 31.0. The summed E-state index contributed by atoms with van der Waals surface area (Å²) in [5.41, 5.74) is -0.968. The van der Waals surface area contributed by atoms with Crippen LogP contribution in [0.15, 0.2) is 0 Å². The third-order valence-electron chi connectivity index (χ3n) is 2.06. The minimum Gasteiger partial charge on any atom is -0.481 e. The molecule has 0 aromatic rings. The molecule has 0 aromatic heterocycles. The van der Waals surface area contributed by atoms with Crippen LogP contribution in [0.25, 0.3) is 0 Å². The molecule has 0 heterocycles. The van der Waals surface area contributed by atoms with Gasteiger partial charge in [0.05, 0.1) is 0 Å². The van der Waals surface area contributed by atoms with E-state index in [4.69, 9.17) is 19.7 Å². The predicted octanol–water partition coefficient (Wildman–Crippen LogP) is 3.84. The molecule has 0 fully saturated rings. The van der Waals surface area contributed by atoms with Crippen molar-refractivity contribution in [2.24, 2.45) is 0 Å². The van der Waals surface area contributed by atoms with E-state index in [0.29, 0.717) is 19.3 Å². The zero-order valence-corrected chi connectivity index (χ0v) is 15.0. The van der Waals surface area contributed by atoms with Crippen LogP contribution in [0.1, 0.15) is 73.6 Å². The van der Waals surface area contributed by atoms with E-state index < -0.39 is 29.3 Å². The van der Waals surface area contributed by atoms with Crippen molar-refractivity contribution in [3.8, 4) is 0 Å². The van der Waals surface area contributed by atoms with Gasteiger partial charge >= 0.3 is 18.1 Å². The molecule has 0 saturated heterocycles. The molecule has 0 unspecified atom stereocenters. The van der Waals surface area contributed by atoms with Crippen molar-refractivity contribution in [3.05, 3.63) is 0 Å². The molecule has 2 N–H and O–H groups in total. The van der Waals surface area contributed by atoms with Crippen LogP contribution in [0, 0.1) is 0 Å². The van der Waals surface area contributed by atoms with Crippen molar-refractivity contribution in [3.63, 3.8) is 0 Å². The summed E-state index contributed by atoms with van der Waals surface area (Å²) in [6, 6.07) is 0. The Hall–Kier alpha value is -1.79. The van der Waals surface area contributed by atoms with Gasteiger partial charge < -0.3 is 19.7 Å². The maximum Gasteiger partial charge on any atom is 0.509 e. The lowest BCUT2D eigenvalue weighted by atomic mass is 10.1. The average Bonchev–Trinajstić information content (AvgIpc) is 2.22. The molecule has 0 aromatic carbocycles. The number of carboxylic acid groups (broad SMARTS) is 2. The molecule has 0 bridgehead atoms. The number of hydrogen-bond donors (Lipinski definition) is 2. The summed E-state index contributed by atoms with van der Waals surface area (Å²) in [6.07, 6.45) is 1.48. The fourth-order valence-corrected chi connectivity index (χ4v) is 1.25. The number of rotatable bonds is 6. The fraction of sp³-hybridized carbons (Fsp3) is 0.812. The van der Waals surface area contributed by atoms with Crippen molar-refractivity contribution in [2.75, 3.05) is 0 Å². The Kier molecular flexibility index (Phi) is 11.1. The zero-order chi connectivity index (χ0) is 18.7. The molecule has 0 atom stereocenters. The van der Waals surface area contributed by atoms with Crippen LogP contribution in [-0.4, -0.2) is 39.5 Å². The summed E-state index contributed by atoms with van der Waals surface area (Å²) in [6.45, 7) is 10.8. The zero-order valence-electron chi connectivity index (χ0n) is 15.0. The van der Waals surface area contributed by atoms with Gasteiger partial charge in [-0.1, -0.05) is 6.42 Å². The molecule has 23 heavy (non-hydrogen) atoms. The summed E-state index contributed by atoms with van der Waals surface area (Å²) in [5, 5.41) is 16.4. The van der Waals surface area contributed by atoms with Gasteiger partial charge in [-0.25, -0.2) is 4.79 Å². The lowest BCUT2D eigenvalue weighted by Gasteiger charge is -2.24. The van der Waals surface area contributed by atoms with Crippen molar-refractivity contribution >= 4 is 18.1 Å². The van der Waals surface area contributed by atoms with Gasteiger partial charge in [0.1, 0.15) is 11.2 Å². The fourth-order valence-electron chi connectivity index (χ4n) is 1.25. The highest BCUT2D eigenvalue weighted by Gasteiger charge is 2.22. The smallest absolute Gasteiger partial charge is 0.481 e. The molecule has 0 aliphatic heterocycles. The monoisotopic (exact) mass is 334 g/mol. The van der Waals surface area contributed by atoms with Gasteiger partial charge in [0, 0.05) is 12.8 Å². The predicted molar refractivity (Wildman–Crippen MR) is 85.4 cm³/mol. The van der Waals surface area contributed by atoms with E-state index in [1.165, 1.54) is 0 Å². The molecule has 0 rings (SSSR count). The first-order chi connectivity index (χ1) is 10.2. The first-order valence-electron chi connectivity index (χ1n) is 7.58. The van der Waals surface area contributed by atoms with E-state index in [1.807, 2.05) is 0 Å². The number of carbonyl (C=O) groups excluding carboxylic acids is 1. The average molecular weight is 334 g/mol. The Bertz CT molecular complexity index is 341. The van der Waals surface area contributed by atoms with E-state index >= 15 is 0 Å². The molecule has 0 saturated carbocycles. The summed E-state index contributed by atoms with van der Waals surface area (Å²) >= 11 is 0. The van der Waals surface area contributed by atoms with Crippen molar-refractivity contribution in [2.45, 2.75) is 84.8 Å². The molecule has 0 aliphatic carbocycles. The standard InChI is InChI=1S/C9H18O3.C7H12O4/c1-8(2,3)11-7(10)12-9(4,5)6;8-6(9)4-2-1-3-5-7(10)11/h1-6H3;1-5H2,(H,8,9)(H,10,11). The van der Waals surface area contributed by atoms with Gasteiger partial charge in [-0.2, -0.15) is 0 Å². The second-order valence-corrected chi connectivity index (χ2v) is 7.03. The van der Waals surface area contributed by atoms with Crippen LogP contribution in [-0.2, 0) is 19.1 Å². The largest absolute Gasteiger partial charge is 0.509 e. The highest BCUT2D eigenvalue weighted by Crippen LogP contribution is 2.13. The number of hydrogen-bond acceptors (Lipinski definition) is 5. The molecular weight excluding hydrogens is 304 g/mol. The first-order valence-corrected chi connectivity index (χ1v) is 7.58. The SMILES string of the molecule is CC(C)(C)OC(=O)OC(C)(C)C.O=C(O)CCCCCC(=O)O. The Morgan fingerprint density at radius 1 is 0.696 bits per heavy atom. The van der Waals surface area contributed by atoms with E-state index in [0.717, 1.165) is 0 Å². The number of aliphatic carboxylic acids is 2. The number of unbranched alkanes of at least 4 members (excludes halogenated alkanes) is 2. The Morgan fingerprint density at radius 2 is 1.00 bits per heavy atom. The lowest BCUT2D eigenvalue weighted by molar-refractivity contribution is -0.137. The highest BCUT2D eigenvalue weighted by molar-refractivity contribution is 5.67. The van der Waals surface area contributed by atoms with Crippen LogP contribution in [0.5, 0.6) is 0 Å². The first kappa shape index (κ1) is 23.5. The topological polar surface area (TPSA) is 110 Å². The molecular formula is C16H30O7. The van der Waals surface area contributed by atoms with Gasteiger partial charge in [-0.05, 0) is 54.4 Å². The van der Waals surface area contributed by atoms with Crippen LogP contribution in [0.3, 0.4) is 0 Å². The normalized spacial score (nSPS) is 11.0. The molecule has 0 spiro atoms. The van der Waals surface area contributed by atoms with Crippen molar-refractivity contribution in [1.82, 2.24) is 0 Å². The molecule has 7 heteroatoms. The van der Waals surface area contributed by atoms with E-state index in [2.05, 4.69) is 0 Å². The van der Waals surface area contributed by atoms with E-state index in [9.17, 15) is 14.4 Å². The molecule has 0 amide bonds. The second kappa shape index (κ2) is 10.9. The second-order valence-electron chi connectivity index (χ2n) is 7.03. The van der Waals surface area contributed by atoms with E-state index in [-0.39, 0.29) is 12.8 Å².